The molecule has 1 aromatic heterocycles. The lowest BCUT2D eigenvalue weighted by atomic mass is 10.2. The fourth-order valence-electron chi connectivity index (χ4n) is 2.00. The van der Waals surface area contributed by atoms with Gasteiger partial charge in [-0.15, -0.1) is 0 Å². The van der Waals surface area contributed by atoms with Crippen molar-refractivity contribution in [2.24, 2.45) is 0 Å². The van der Waals surface area contributed by atoms with E-state index < -0.39 is 0 Å². The molecule has 0 saturated heterocycles. The molecular weight excluding hydrogens is 246 g/mol. The number of aromatic nitrogens is 2. The Morgan fingerprint density at radius 1 is 1.33 bits per heavy atom. The summed E-state index contributed by atoms with van der Waals surface area (Å²) in [4.78, 5) is 0. The average molecular weight is 262 g/mol. The van der Waals surface area contributed by atoms with E-state index in [0.29, 0.717) is 0 Å². The number of benzene rings is 1. The Morgan fingerprint density at radius 2 is 2.06 bits per heavy atom. The topological polar surface area (TPSA) is 29.9 Å². The molecule has 0 unspecified atom stereocenters. The Labute approximate surface area is 112 Å². The molecule has 0 spiro atoms. The number of hydrogen-bond donors (Lipinski definition) is 1. The Kier molecular flexibility index (Phi) is 3.10. The molecule has 3 nitrogen and oxygen atoms in total. The van der Waals surface area contributed by atoms with Crippen molar-refractivity contribution >= 4 is 11.6 Å². The Balaban J connectivity index is 1.81. The third-order valence-electron chi connectivity index (χ3n) is 3.34. The van der Waals surface area contributed by atoms with E-state index in [4.69, 9.17) is 11.6 Å². The minimum atomic E-state index is 0.725. The van der Waals surface area contributed by atoms with Gasteiger partial charge in [-0.1, -0.05) is 11.6 Å². The highest BCUT2D eigenvalue weighted by atomic mass is 35.5. The van der Waals surface area contributed by atoms with Crippen LogP contribution in [0, 0.1) is 6.92 Å². The van der Waals surface area contributed by atoms with Crippen LogP contribution < -0.4 is 5.32 Å². The summed E-state index contributed by atoms with van der Waals surface area (Å²) in [6, 6.07) is 8.48. The van der Waals surface area contributed by atoms with Crippen LogP contribution in [0.3, 0.4) is 0 Å². The summed E-state index contributed by atoms with van der Waals surface area (Å²) < 4.78 is 1.96. The number of nitrogens with zero attached hydrogens (tertiary/aromatic N) is 2. The van der Waals surface area contributed by atoms with Gasteiger partial charge in [-0.2, -0.15) is 5.10 Å². The van der Waals surface area contributed by atoms with Gasteiger partial charge >= 0.3 is 0 Å². The SMILES string of the molecule is Cc1c(CNC2CC2)cnn1-c1ccc(Cl)cc1. The first kappa shape index (κ1) is 11.8. The van der Waals surface area contributed by atoms with Crippen molar-refractivity contribution in [1.29, 1.82) is 0 Å². The molecule has 1 aliphatic rings. The molecule has 1 aromatic carbocycles. The van der Waals surface area contributed by atoms with Crippen LogP contribution in [-0.4, -0.2) is 15.8 Å². The largest absolute Gasteiger partial charge is 0.310 e. The van der Waals surface area contributed by atoms with Crippen LogP contribution in [0.4, 0.5) is 0 Å². The van der Waals surface area contributed by atoms with Gasteiger partial charge in [0.15, 0.2) is 0 Å². The normalized spacial score (nSPS) is 15.0. The summed E-state index contributed by atoms with van der Waals surface area (Å²) >= 11 is 5.90. The van der Waals surface area contributed by atoms with Crippen LogP contribution in [0.2, 0.25) is 5.02 Å². The highest BCUT2D eigenvalue weighted by Crippen LogP contribution is 2.21. The lowest BCUT2D eigenvalue weighted by molar-refractivity contribution is 0.684. The van der Waals surface area contributed by atoms with Gasteiger partial charge in [0.25, 0.3) is 0 Å². The number of nitrogens with one attached hydrogen (secondary N) is 1. The van der Waals surface area contributed by atoms with Crippen molar-refractivity contribution in [3.05, 3.63) is 46.7 Å². The van der Waals surface area contributed by atoms with E-state index in [1.165, 1.54) is 24.1 Å². The zero-order valence-corrected chi connectivity index (χ0v) is 11.1. The molecule has 1 heterocycles. The molecule has 0 atom stereocenters. The summed E-state index contributed by atoms with van der Waals surface area (Å²) in [5, 5.41) is 8.71. The van der Waals surface area contributed by atoms with E-state index in [2.05, 4.69) is 17.3 Å². The average Bonchev–Trinajstić information content (AvgIpc) is 3.13. The first-order valence-electron chi connectivity index (χ1n) is 6.27. The van der Waals surface area contributed by atoms with Gasteiger partial charge in [-0.25, -0.2) is 4.68 Å². The predicted molar refractivity (Wildman–Crippen MR) is 73.2 cm³/mol. The van der Waals surface area contributed by atoms with Gasteiger partial charge in [0.05, 0.1) is 11.9 Å². The van der Waals surface area contributed by atoms with Gasteiger partial charge in [0.2, 0.25) is 0 Å². The van der Waals surface area contributed by atoms with Crippen LogP contribution in [0.1, 0.15) is 24.1 Å². The summed E-state index contributed by atoms with van der Waals surface area (Å²) in [5.74, 6) is 0. The van der Waals surface area contributed by atoms with Gasteiger partial charge in [0.1, 0.15) is 0 Å². The maximum absolute atomic E-state index is 5.90. The number of hydrogen-bond acceptors (Lipinski definition) is 2. The molecule has 4 heteroatoms. The van der Waals surface area contributed by atoms with Gasteiger partial charge < -0.3 is 5.32 Å². The maximum Gasteiger partial charge on any atom is 0.0649 e. The summed E-state index contributed by atoms with van der Waals surface area (Å²) in [6.45, 7) is 3.01. The van der Waals surface area contributed by atoms with E-state index in [0.717, 1.165) is 23.3 Å². The Hall–Kier alpha value is -1.32. The van der Waals surface area contributed by atoms with Crippen molar-refractivity contribution in [1.82, 2.24) is 15.1 Å². The quantitative estimate of drug-likeness (QED) is 0.917. The van der Waals surface area contributed by atoms with Gasteiger partial charge in [-0.05, 0) is 44.0 Å². The minimum Gasteiger partial charge on any atom is -0.310 e. The molecule has 3 rings (SSSR count). The lowest BCUT2D eigenvalue weighted by Crippen LogP contribution is -2.15. The van der Waals surface area contributed by atoms with Gasteiger partial charge in [-0.3, -0.25) is 0 Å². The molecule has 2 aromatic rings. The van der Waals surface area contributed by atoms with Crippen LogP contribution in [0.25, 0.3) is 5.69 Å². The Morgan fingerprint density at radius 3 is 2.72 bits per heavy atom. The molecule has 18 heavy (non-hydrogen) atoms. The second kappa shape index (κ2) is 4.75. The van der Waals surface area contributed by atoms with E-state index >= 15 is 0 Å². The van der Waals surface area contributed by atoms with Crippen molar-refractivity contribution in [3.8, 4) is 5.69 Å². The maximum atomic E-state index is 5.90. The minimum absolute atomic E-state index is 0.725. The molecule has 1 aliphatic carbocycles. The molecule has 1 fully saturated rings. The highest BCUT2D eigenvalue weighted by Gasteiger charge is 2.20. The molecular formula is C14H16ClN3. The van der Waals surface area contributed by atoms with E-state index in [1.54, 1.807) is 0 Å². The second-order valence-corrected chi connectivity index (χ2v) is 5.24. The third-order valence-corrected chi connectivity index (χ3v) is 3.59. The molecule has 1 saturated carbocycles. The van der Waals surface area contributed by atoms with E-state index in [-0.39, 0.29) is 0 Å². The van der Waals surface area contributed by atoms with Crippen molar-refractivity contribution in [2.45, 2.75) is 32.4 Å². The first-order chi connectivity index (χ1) is 8.74. The smallest absolute Gasteiger partial charge is 0.0649 e. The van der Waals surface area contributed by atoms with Crippen LogP contribution in [0.15, 0.2) is 30.5 Å². The molecule has 0 amide bonds. The molecule has 0 bridgehead atoms. The zero-order chi connectivity index (χ0) is 12.5. The number of rotatable bonds is 4. The predicted octanol–water partition coefficient (Wildman–Crippen LogP) is 3.09. The monoisotopic (exact) mass is 261 g/mol. The standard InChI is InChI=1S/C14H16ClN3/c1-10-11(8-16-13-4-5-13)9-17-18(10)14-6-2-12(15)3-7-14/h2-3,6-7,9,13,16H,4-5,8H2,1H3. The fraction of sp³-hybridized carbons (Fsp3) is 0.357. The summed E-state index contributed by atoms with van der Waals surface area (Å²) in [6.07, 6.45) is 4.56. The van der Waals surface area contributed by atoms with Crippen LogP contribution in [-0.2, 0) is 6.54 Å². The summed E-state index contributed by atoms with van der Waals surface area (Å²) in [5.41, 5.74) is 3.50. The zero-order valence-electron chi connectivity index (χ0n) is 10.4. The van der Waals surface area contributed by atoms with Crippen LogP contribution in [0.5, 0.6) is 0 Å². The van der Waals surface area contributed by atoms with Crippen molar-refractivity contribution in [3.63, 3.8) is 0 Å². The number of halogens is 1. The first-order valence-corrected chi connectivity index (χ1v) is 6.64. The van der Waals surface area contributed by atoms with E-state index in [1.807, 2.05) is 35.1 Å². The molecule has 1 N–H and O–H groups in total. The third kappa shape index (κ3) is 2.42. The summed E-state index contributed by atoms with van der Waals surface area (Å²) in [7, 11) is 0. The van der Waals surface area contributed by atoms with Crippen molar-refractivity contribution < 1.29 is 0 Å². The van der Waals surface area contributed by atoms with E-state index in [9.17, 15) is 0 Å². The van der Waals surface area contributed by atoms with Crippen LogP contribution >= 0.6 is 11.6 Å². The Bertz CT molecular complexity index is 541. The second-order valence-electron chi connectivity index (χ2n) is 4.80. The van der Waals surface area contributed by atoms with Gasteiger partial charge in [0, 0.05) is 28.9 Å². The molecule has 94 valence electrons. The highest BCUT2D eigenvalue weighted by molar-refractivity contribution is 6.30. The van der Waals surface area contributed by atoms with Crippen molar-refractivity contribution in [2.75, 3.05) is 0 Å². The fourth-order valence-corrected chi connectivity index (χ4v) is 2.13. The molecule has 0 radical (unpaired) electrons. The lowest BCUT2D eigenvalue weighted by Gasteiger charge is -2.06. The molecule has 0 aliphatic heterocycles.